The first-order valence-electron chi connectivity index (χ1n) is 5.71. The van der Waals surface area contributed by atoms with Crippen molar-refractivity contribution in [3.05, 3.63) is 35.1 Å². The van der Waals surface area contributed by atoms with Crippen molar-refractivity contribution in [1.29, 1.82) is 0 Å². The molecule has 0 saturated carbocycles. The van der Waals surface area contributed by atoms with Crippen molar-refractivity contribution >= 4 is 0 Å². The van der Waals surface area contributed by atoms with Crippen LogP contribution in [0.1, 0.15) is 24.0 Å². The zero-order valence-electron chi connectivity index (χ0n) is 9.63. The molecule has 3 heteroatoms. The summed E-state index contributed by atoms with van der Waals surface area (Å²) in [4.78, 5) is 0. The molecule has 1 aliphatic rings. The van der Waals surface area contributed by atoms with E-state index in [1.165, 1.54) is 6.07 Å². The summed E-state index contributed by atoms with van der Waals surface area (Å²) in [5.41, 5.74) is 8.21. The number of nitrogens with two attached hydrogens (primary N) is 1. The highest BCUT2D eigenvalue weighted by Gasteiger charge is 2.28. The highest BCUT2D eigenvalue weighted by molar-refractivity contribution is 5.28. The van der Waals surface area contributed by atoms with E-state index in [2.05, 4.69) is 0 Å². The minimum absolute atomic E-state index is 0.184. The zero-order chi connectivity index (χ0) is 11.6. The Kier molecular flexibility index (Phi) is 3.26. The molecule has 0 radical (unpaired) electrons. The Bertz CT molecular complexity index is 372. The lowest BCUT2D eigenvalue weighted by molar-refractivity contribution is 0.0533. The first-order valence-corrected chi connectivity index (χ1v) is 5.71. The van der Waals surface area contributed by atoms with Crippen molar-refractivity contribution < 1.29 is 9.13 Å². The molecule has 2 rings (SSSR count). The van der Waals surface area contributed by atoms with Crippen LogP contribution in [0.3, 0.4) is 0 Å². The SMILES string of the molecule is Cc1ccc(F)cc1CC1(N)CCOCC1. The fourth-order valence-electron chi connectivity index (χ4n) is 2.16. The van der Waals surface area contributed by atoms with Gasteiger partial charge in [-0.05, 0) is 49.4 Å². The van der Waals surface area contributed by atoms with Crippen LogP contribution in [0, 0.1) is 12.7 Å². The highest BCUT2D eigenvalue weighted by Crippen LogP contribution is 2.24. The highest BCUT2D eigenvalue weighted by atomic mass is 19.1. The van der Waals surface area contributed by atoms with Gasteiger partial charge in [0.2, 0.25) is 0 Å². The van der Waals surface area contributed by atoms with Crippen LogP contribution >= 0.6 is 0 Å². The quantitative estimate of drug-likeness (QED) is 0.834. The second kappa shape index (κ2) is 4.52. The summed E-state index contributed by atoms with van der Waals surface area (Å²) in [6.07, 6.45) is 2.44. The standard InChI is InChI=1S/C13H18FNO/c1-10-2-3-12(14)8-11(10)9-13(15)4-6-16-7-5-13/h2-3,8H,4-7,9,15H2,1H3. The van der Waals surface area contributed by atoms with Gasteiger partial charge >= 0.3 is 0 Å². The molecule has 1 heterocycles. The molecule has 0 unspecified atom stereocenters. The second-order valence-electron chi connectivity index (χ2n) is 4.72. The van der Waals surface area contributed by atoms with Crippen LogP contribution in [-0.2, 0) is 11.2 Å². The van der Waals surface area contributed by atoms with Gasteiger partial charge in [-0.15, -0.1) is 0 Å². The average Bonchev–Trinajstić information content (AvgIpc) is 2.24. The smallest absolute Gasteiger partial charge is 0.123 e. The van der Waals surface area contributed by atoms with Gasteiger partial charge in [-0.2, -0.15) is 0 Å². The summed E-state index contributed by atoms with van der Waals surface area (Å²) >= 11 is 0. The minimum atomic E-state index is -0.225. The minimum Gasteiger partial charge on any atom is -0.381 e. The van der Waals surface area contributed by atoms with Crippen molar-refractivity contribution in [2.75, 3.05) is 13.2 Å². The van der Waals surface area contributed by atoms with Gasteiger partial charge in [0, 0.05) is 18.8 Å². The van der Waals surface area contributed by atoms with Crippen molar-refractivity contribution in [3.63, 3.8) is 0 Å². The molecule has 1 saturated heterocycles. The van der Waals surface area contributed by atoms with E-state index in [0.29, 0.717) is 13.2 Å². The number of halogens is 1. The van der Waals surface area contributed by atoms with E-state index in [4.69, 9.17) is 10.5 Å². The van der Waals surface area contributed by atoms with E-state index in [9.17, 15) is 4.39 Å². The summed E-state index contributed by atoms with van der Waals surface area (Å²) < 4.78 is 18.5. The molecule has 0 bridgehead atoms. The molecule has 0 spiro atoms. The molecule has 88 valence electrons. The van der Waals surface area contributed by atoms with Gasteiger partial charge in [0.05, 0.1) is 0 Å². The predicted molar refractivity (Wildman–Crippen MR) is 61.8 cm³/mol. The van der Waals surface area contributed by atoms with Crippen molar-refractivity contribution in [3.8, 4) is 0 Å². The van der Waals surface area contributed by atoms with E-state index in [1.807, 2.05) is 13.0 Å². The summed E-state index contributed by atoms with van der Waals surface area (Å²) in [6.45, 7) is 3.42. The fourth-order valence-corrected chi connectivity index (χ4v) is 2.16. The molecule has 2 nitrogen and oxygen atoms in total. The third-order valence-electron chi connectivity index (χ3n) is 3.34. The molecule has 1 aromatic carbocycles. The topological polar surface area (TPSA) is 35.2 Å². The number of benzene rings is 1. The molecule has 16 heavy (non-hydrogen) atoms. The normalized spacial score (nSPS) is 19.7. The lowest BCUT2D eigenvalue weighted by Crippen LogP contribution is -2.47. The van der Waals surface area contributed by atoms with E-state index < -0.39 is 0 Å². The Morgan fingerprint density at radius 2 is 2.06 bits per heavy atom. The summed E-state index contributed by atoms with van der Waals surface area (Å²) in [7, 11) is 0. The van der Waals surface area contributed by atoms with Crippen molar-refractivity contribution in [2.24, 2.45) is 5.73 Å². The Balaban J connectivity index is 2.15. The summed E-state index contributed by atoms with van der Waals surface area (Å²) in [5, 5.41) is 0. The maximum atomic E-state index is 13.2. The van der Waals surface area contributed by atoms with Gasteiger partial charge in [0.15, 0.2) is 0 Å². The third kappa shape index (κ3) is 2.60. The van der Waals surface area contributed by atoms with Crippen LogP contribution in [-0.4, -0.2) is 18.8 Å². The molecular weight excluding hydrogens is 205 g/mol. The molecule has 0 aromatic heterocycles. The van der Waals surface area contributed by atoms with Crippen LogP contribution in [0.5, 0.6) is 0 Å². The maximum absolute atomic E-state index is 13.2. The molecule has 0 atom stereocenters. The van der Waals surface area contributed by atoms with Gasteiger partial charge < -0.3 is 10.5 Å². The molecule has 1 aliphatic heterocycles. The number of ether oxygens (including phenoxy) is 1. The number of rotatable bonds is 2. The third-order valence-corrected chi connectivity index (χ3v) is 3.34. The fraction of sp³-hybridized carbons (Fsp3) is 0.538. The summed E-state index contributed by atoms with van der Waals surface area (Å²) in [6, 6.07) is 4.90. The molecule has 0 aliphatic carbocycles. The van der Waals surface area contributed by atoms with Crippen molar-refractivity contribution in [1.82, 2.24) is 0 Å². The molecule has 1 aromatic rings. The Labute approximate surface area is 95.6 Å². The van der Waals surface area contributed by atoms with Gasteiger partial charge in [0.1, 0.15) is 5.82 Å². The van der Waals surface area contributed by atoms with Crippen LogP contribution in [0.2, 0.25) is 0 Å². The Hall–Kier alpha value is -0.930. The monoisotopic (exact) mass is 223 g/mol. The first-order chi connectivity index (χ1) is 7.59. The molecule has 0 amide bonds. The van der Waals surface area contributed by atoms with Gasteiger partial charge in [0.25, 0.3) is 0 Å². The van der Waals surface area contributed by atoms with Crippen molar-refractivity contribution in [2.45, 2.75) is 31.7 Å². The average molecular weight is 223 g/mol. The zero-order valence-corrected chi connectivity index (χ0v) is 9.63. The lowest BCUT2D eigenvalue weighted by atomic mass is 9.83. The maximum Gasteiger partial charge on any atom is 0.123 e. The first kappa shape index (κ1) is 11.6. The van der Waals surface area contributed by atoms with E-state index in [1.54, 1.807) is 6.07 Å². The Morgan fingerprint density at radius 1 is 1.38 bits per heavy atom. The molecule has 1 fully saturated rings. The largest absolute Gasteiger partial charge is 0.381 e. The van der Waals surface area contributed by atoms with Gasteiger partial charge in [-0.3, -0.25) is 0 Å². The molecule has 2 N–H and O–H groups in total. The van der Waals surface area contributed by atoms with Crippen LogP contribution in [0.15, 0.2) is 18.2 Å². The van der Waals surface area contributed by atoms with Crippen LogP contribution in [0.25, 0.3) is 0 Å². The van der Waals surface area contributed by atoms with E-state index in [-0.39, 0.29) is 11.4 Å². The van der Waals surface area contributed by atoms with Gasteiger partial charge in [-0.1, -0.05) is 6.07 Å². The van der Waals surface area contributed by atoms with Crippen LogP contribution in [0.4, 0.5) is 4.39 Å². The van der Waals surface area contributed by atoms with E-state index in [0.717, 1.165) is 30.4 Å². The van der Waals surface area contributed by atoms with E-state index >= 15 is 0 Å². The van der Waals surface area contributed by atoms with Gasteiger partial charge in [-0.25, -0.2) is 4.39 Å². The number of hydrogen-bond acceptors (Lipinski definition) is 2. The number of aryl methyl sites for hydroxylation is 1. The van der Waals surface area contributed by atoms with Crippen LogP contribution < -0.4 is 5.73 Å². The second-order valence-corrected chi connectivity index (χ2v) is 4.72. The molecular formula is C13H18FNO. The Morgan fingerprint density at radius 3 is 2.75 bits per heavy atom. The number of hydrogen-bond donors (Lipinski definition) is 1. The lowest BCUT2D eigenvalue weighted by Gasteiger charge is -2.33. The summed E-state index contributed by atoms with van der Waals surface area (Å²) in [5.74, 6) is -0.184. The predicted octanol–water partition coefficient (Wildman–Crippen LogP) is 2.18.